The summed E-state index contributed by atoms with van der Waals surface area (Å²) >= 11 is 0. The zero-order valence-electron chi connectivity index (χ0n) is 21.5. The summed E-state index contributed by atoms with van der Waals surface area (Å²) in [6.45, 7) is 11.0. The van der Waals surface area contributed by atoms with Crippen LogP contribution in [0.2, 0.25) is 13.1 Å². The van der Waals surface area contributed by atoms with E-state index < -0.39 is 14.1 Å². The summed E-state index contributed by atoms with van der Waals surface area (Å²) in [6.07, 6.45) is 8.53. The number of fused-ring (bicyclic) bond motifs is 5. The molecule has 34 heavy (non-hydrogen) atoms. The van der Waals surface area contributed by atoms with E-state index in [1.54, 1.807) is 0 Å². The molecule has 1 spiro atoms. The average molecular weight is 483 g/mol. The largest absolute Gasteiger partial charge is 0.410 e. The van der Waals surface area contributed by atoms with Crippen molar-refractivity contribution in [1.29, 1.82) is 0 Å². The minimum atomic E-state index is -2.10. The molecule has 7 atom stereocenters. The number of Topliss-reactive ketones (excluding diaryl/α,β-unsaturated/α-hetero) is 1. The fourth-order valence-electron chi connectivity index (χ4n) is 9.15. The van der Waals surface area contributed by atoms with Crippen molar-refractivity contribution in [2.75, 3.05) is 13.2 Å². The van der Waals surface area contributed by atoms with Crippen molar-refractivity contribution in [3.63, 3.8) is 0 Å². The van der Waals surface area contributed by atoms with Gasteiger partial charge in [-0.3, -0.25) is 4.79 Å². The fourth-order valence-corrected chi connectivity index (χ4v) is 11.3. The lowest BCUT2D eigenvalue weighted by molar-refractivity contribution is -0.245. The highest BCUT2D eigenvalue weighted by Crippen LogP contribution is 2.67. The van der Waals surface area contributed by atoms with Crippen molar-refractivity contribution in [3.8, 4) is 0 Å². The molecule has 4 nitrogen and oxygen atoms in total. The summed E-state index contributed by atoms with van der Waals surface area (Å²) in [5.74, 6) is 2.37. The maximum Gasteiger partial charge on any atom is 0.218 e. The number of carbonyl (C=O) groups excluding carboxylic acids is 1. The first kappa shape index (κ1) is 23.4. The van der Waals surface area contributed by atoms with Crippen LogP contribution in [-0.4, -0.2) is 39.2 Å². The van der Waals surface area contributed by atoms with Crippen LogP contribution in [0.1, 0.15) is 65.2 Å². The number of hydrogen-bond donors (Lipinski definition) is 0. The summed E-state index contributed by atoms with van der Waals surface area (Å²) in [5, 5.41) is 1.36. The molecule has 5 fully saturated rings. The number of benzene rings is 1. The second-order valence-electron chi connectivity index (χ2n) is 13.0. The summed E-state index contributed by atoms with van der Waals surface area (Å²) in [6, 6.07) is 10.9. The van der Waals surface area contributed by atoms with Crippen molar-refractivity contribution in [1.82, 2.24) is 0 Å². The standard InChI is InChI=1S/C29H42O4Si/c1-27-14-15-29(31-16-17-32-29)19-24(27)25(33-34(3,4)20-8-6-5-7-9-20)18-21-22-10-11-26(30)28(22,2)13-12-23(21)27/h5-9,21-25H,10-19H2,1-4H3/t21-,22-,23-,24-,25+,27+,28-/m0/s1. The van der Waals surface area contributed by atoms with E-state index in [1.165, 1.54) is 11.6 Å². The molecule has 0 unspecified atom stereocenters. The van der Waals surface area contributed by atoms with E-state index in [0.29, 0.717) is 42.7 Å². The highest BCUT2D eigenvalue weighted by molar-refractivity contribution is 6.84. The van der Waals surface area contributed by atoms with Crippen LogP contribution in [0.5, 0.6) is 0 Å². The summed E-state index contributed by atoms with van der Waals surface area (Å²) in [5.41, 5.74) is 0.122. The molecule has 0 bridgehead atoms. The summed E-state index contributed by atoms with van der Waals surface area (Å²) in [4.78, 5) is 13.0. The van der Waals surface area contributed by atoms with Gasteiger partial charge in [0, 0.05) is 30.8 Å². The molecule has 4 saturated carbocycles. The van der Waals surface area contributed by atoms with E-state index in [9.17, 15) is 4.79 Å². The predicted molar refractivity (Wildman–Crippen MR) is 135 cm³/mol. The summed E-state index contributed by atoms with van der Waals surface area (Å²) in [7, 11) is -2.10. The third-order valence-electron chi connectivity index (χ3n) is 11.1. The normalized spacial score (nSPS) is 43.4. The molecular weight excluding hydrogens is 440 g/mol. The number of carbonyl (C=O) groups is 1. The van der Waals surface area contributed by atoms with Gasteiger partial charge in [-0.1, -0.05) is 44.2 Å². The third-order valence-corrected chi connectivity index (χ3v) is 13.7. The Bertz CT molecular complexity index is 941. The minimum absolute atomic E-state index is 0.102. The lowest BCUT2D eigenvalue weighted by Gasteiger charge is -2.63. The first-order chi connectivity index (χ1) is 16.2. The van der Waals surface area contributed by atoms with Crippen LogP contribution in [0.4, 0.5) is 0 Å². The minimum Gasteiger partial charge on any atom is -0.410 e. The molecule has 186 valence electrons. The fraction of sp³-hybridized carbons (Fsp3) is 0.759. The molecule has 0 radical (unpaired) electrons. The Balaban J connectivity index is 1.37. The SMILES string of the molecule is C[C@]12CCC3(C[C@H]1[C@H](O[Si](C)(C)c1ccccc1)C[C@@H]1[C@@H]2CC[C@]2(C)C(=O)CC[C@@H]12)OCCO3. The van der Waals surface area contributed by atoms with Gasteiger partial charge in [0.2, 0.25) is 8.32 Å². The highest BCUT2D eigenvalue weighted by atomic mass is 28.4. The van der Waals surface area contributed by atoms with Gasteiger partial charge in [-0.2, -0.15) is 0 Å². The maximum atomic E-state index is 13.0. The first-order valence-electron chi connectivity index (χ1n) is 13.7. The quantitative estimate of drug-likeness (QED) is 0.538. The Kier molecular flexibility index (Phi) is 5.50. The van der Waals surface area contributed by atoms with E-state index >= 15 is 0 Å². The first-order valence-corrected chi connectivity index (χ1v) is 16.6. The predicted octanol–water partition coefficient (Wildman–Crippen LogP) is 5.45. The molecule has 1 aliphatic heterocycles. The van der Waals surface area contributed by atoms with Gasteiger partial charge in [0.05, 0.1) is 13.2 Å². The smallest absolute Gasteiger partial charge is 0.218 e. The van der Waals surface area contributed by atoms with E-state index in [4.69, 9.17) is 13.9 Å². The van der Waals surface area contributed by atoms with Crippen LogP contribution in [0.3, 0.4) is 0 Å². The Labute approximate surface area is 206 Å². The zero-order valence-corrected chi connectivity index (χ0v) is 22.5. The van der Waals surface area contributed by atoms with Crippen molar-refractivity contribution in [2.45, 2.75) is 90.2 Å². The van der Waals surface area contributed by atoms with Crippen LogP contribution in [-0.2, 0) is 18.7 Å². The second kappa shape index (κ2) is 7.99. The maximum absolute atomic E-state index is 13.0. The Morgan fingerprint density at radius 1 is 0.941 bits per heavy atom. The average Bonchev–Trinajstić information content (AvgIpc) is 3.40. The summed E-state index contributed by atoms with van der Waals surface area (Å²) < 4.78 is 19.8. The molecule has 4 aliphatic carbocycles. The Morgan fingerprint density at radius 2 is 1.68 bits per heavy atom. The van der Waals surface area contributed by atoms with Crippen LogP contribution >= 0.6 is 0 Å². The Morgan fingerprint density at radius 3 is 2.41 bits per heavy atom. The molecule has 1 aromatic carbocycles. The monoisotopic (exact) mass is 482 g/mol. The Hall–Kier alpha value is -1.01. The molecule has 1 aromatic rings. The van der Waals surface area contributed by atoms with Gasteiger partial charge in [-0.25, -0.2) is 0 Å². The molecule has 5 aliphatic rings. The molecular formula is C29H42O4Si. The lowest BCUT2D eigenvalue weighted by atomic mass is 9.44. The molecule has 0 amide bonds. The number of rotatable bonds is 3. The van der Waals surface area contributed by atoms with Crippen molar-refractivity contribution in [3.05, 3.63) is 30.3 Å². The van der Waals surface area contributed by atoms with Crippen molar-refractivity contribution in [2.24, 2.45) is 34.5 Å². The molecule has 1 saturated heterocycles. The van der Waals surface area contributed by atoms with E-state index in [-0.39, 0.29) is 16.9 Å². The van der Waals surface area contributed by atoms with Crippen LogP contribution in [0.25, 0.3) is 0 Å². The van der Waals surface area contributed by atoms with Gasteiger partial charge >= 0.3 is 0 Å². The molecule has 0 N–H and O–H groups in total. The van der Waals surface area contributed by atoms with Crippen LogP contribution in [0.15, 0.2) is 30.3 Å². The molecule has 6 rings (SSSR count). The van der Waals surface area contributed by atoms with Crippen LogP contribution in [0, 0.1) is 34.5 Å². The lowest BCUT2D eigenvalue weighted by Crippen LogP contribution is -2.62. The highest BCUT2D eigenvalue weighted by Gasteiger charge is 2.64. The molecule has 1 heterocycles. The van der Waals surface area contributed by atoms with Gasteiger partial charge < -0.3 is 13.9 Å². The van der Waals surface area contributed by atoms with Gasteiger partial charge in [0.1, 0.15) is 5.78 Å². The number of ketones is 1. The van der Waals surface area contributed by atoms with Gasteiger partial charge in [0.25, 0.3) is 0 Å². The number of ether oxygens (including phenoxy) is 2. The van der Waals surface area contributed by atoms with Crippen LogP contribution < -0.4 is 5.19 Å². The molecule has 5 heteroatoms. The van der Waals surface area contributed by atoms with Gasteiger partial charge in [-0.05, 0) is 79.5 Å². The molecule has 0 aromatic heterocycles. The van der Waals surface area contributed by atoms with Crippen molar-refractivity contribution < 1.29 is 18.7 Å². The second-order valence-corrected chi connectivity index (χ2v) is 16.8. The topological polar surface area (TPSA) is 44.8 Å². The zero-order chi connectivity index (χ0) is 23.8. The van der Waals surface area contributed by atoms with Crippen molar-refractivity contribution >= 4 is 19.3 Å². The van der Waals surface area contributed by atoms with Gasteiger partial charge in [-0.15, -0.1) is 0 Å². The van der Waals surface area contributed by atoms with E-state index in [1.807, 2.05) is 0 Å². The number of hydrogen-bond acceptors (Lipinski definition) is 4. The third kappa shape index (κ3) is 3.44. The van der Waals surface area contributed by atoms with E-state index in [2.05, 4.69) is 57.3 Å². The van der Waals surface area contributed by atoms with E-state index in [0.717, 1.165) is 44.9 Å². The van der Waals surface area contributed by atoms with Gasteiger partial charge in [0.15, 0.2) is 5.79 Å².